The van der Waals surface area contributed by atoms with Crippen LogP contribution < -0.4 is 10.6 Å². The summed E-state index contributed by atoms with van der Waals surface area (Å²) in [6, 6.07) is 17.8. The van der Waals surface area contributed by atoms with E-state index in [1.807, 2.05) is 42.5 Å². The summed E-state index contributed by atoms with van der Waals surface area (Å²) in [7, 11) is 0. The lowest BCUT2D eigenvalue weighted by Gasteiger charge is -2.11. The molecule has 1 aromatic heterocycles. The van der Waals surface area contributed by atoms with Gasteiger partial charge in [0.2, 0.25) is 0 Å². The fourth-order valence-electron chi connectivity index (χ4n) is 3.27. The first-order valence-corrected chi connectivity index (χ1v) is 8.27. The summed E-state index contributed by atoms with van der Waals surface area (Å²) in [5.74, 6) is 0.400. The molecule has 2 N–H and O–H groups in total. The first kappa shape index (κ1) is 14.8. The second-order valence-corrected chi connectivity index (χ2v) is 6.15. The molecule has 2 aromatic carbocycles. The van der Waals surface area contributed by atoms with E-state index in [4.69, 9.17) is 0 Å². The summed E-state index contributed by atoms with van der Waals surface area (Å²) in [5, 5.41) is 8.21. The average molecular weight is 317 g/mol. The molecule has 0 radical (unpaired) electrons. The number of nitrogens with zero attached hydrogens (tertiary/aromatic N) is 1. The molecule has 4 heteroatoms. The van der Waals surface area contributed by atoms with Crippen molar-refractivity contribution < 1.29 is 4.79 Å². The minimum absolute atomic E-state index is 0.179. The number of fused-ring (bicyclic) bond motifs is 1. The van der Waals surface area contributed by atoms with Gasteiger partial charge in [0.1, 0.15) is 5.69 Å². The lowest BCUT2D eigenvalue weighted by molar-refractivity contribution is 0.102. The van der Waals surface area contributed by atoms with E-state index in [2.05, 4.69) is 27.8 Å². The molecule has 3 aromatic rings. The molecule has 1 saturated heterocycles. The molecule has 4 rings (SSSR count). The van der Waals surface area contributed by atoms with Crippen molar-refractivity contribution in [3.8, 4) is 0 Å². The van der Waals surface area contributed by atoms with Crippen LogP contribution in [0, 0.1) is 0 Å². The zero-order chi connectivity index (χ0) is 16.4. The maximum atomic E-state index is 12.6. The monoisotopic (exact) mass is 317 g/mol. The van der Waals surface area contributed by atoms with Crippen LogP contribution in [0.1, 0.15) is 28.4 Å². The van der Waals surface area contributed by atoms with Crippen molar-refractivity contribution >= 4 is 22.4 Å². The minimum atomic E-state index is -0.179. The third kappa shape index (κ3) is 2.88. The molecule has 1 amide bonds. The molecule has 0 saturated carbocycles. The highest BCUT2D eigenvalue weighted by molar-refractivity contribution is 6.11. The Labute approximate surface area is 140 Å². The van der Waals surface area contributed by atoms with E-state index in [1.54, 1.807) is 6.20 Å². The quantitative estimate of drug-likeness (QED) is 0.776. The Morgan fingerprint density at radius 2 is 1.92 bits per heavy atom. The number of amides is 1. The zero-order valence-corrected chi connectivity index (χ0v) is 13.3. The molecular formula is C20H19N3O. The van der Waals surface area contributed by atoms with Crippen LogP contribution in [-0.2, 0) is 0 Å². The molecule has 2 heterocycles. The molecule has 1 atom stereocenters. The zero-order valence-electron chi connectivity index (χ0n) is 13.3. The molecule has 1 aliphatic rings. The van der Waals surface area contributed by atoms with Gasteiger partial charge < -0.3 is 10.6 Å². The lowest BCUT2D eigenvalue weighted by atomic mass is 9.98. The van der Waals surface area contributed by atoms with E-state index >= 15 is 0 Å². The third-order valence-corrected chi connectivity index (χ3v) is 4.59. The van der Waals surface area contributed by atoms with Gasteiger partial charge in [0.25, 0.3) is 5.91 Å². The first-order chi connectivity index (χ1) is 11.8. The molecule has 0 spiro atoms. The molecule has 0 unspecified atom stereocenters. The topological polar surface area (TPSA) is 54.0 Å². The maximum absolute atomic E-state index is 12.6. The van der Waals surface area contributed by atoms with Crippen LogP contribution in [0.4, 0.5) is 5.69 Å². The molecule has 0 bridgehead atoms. The van der Waals surface area contributed by atoms with Crippen molar-refractivity contribution in [2.24, 2.45) is 0 Å². The highest BCUT2D eigenvalue weighted by Gasteiger charge is 2.16. The maximum Gasteiger partial charge on any atom is 0.274 e. The van der Waals surface area contributed by atoms with E-state index in [0.29, 0.717) is 11.6 Å². The van der Waals surface area contributed by atoms with Crippen LogP contribution in [0.15, 0.2) is 60.8 Å². The Balaban J connectivity index is 1.55. The van der Waals surface area contributed by atoms with Crippen molar-refractivity contribution in [2.75, 3.05) is 18.4 Å². The highest BCUT2D eigenvalue weighted by Crippen LogP contribution is 2.24. The lowest BCUT2D eigenvalue weighted by Crippen LogP contribution is -2.14. The van der Waals surface area contributed by atoms with Crippen molar-refractivity contribution in [2.45, 2.75) is 12.3 Å². The molecule has 1 aliphatic heterocycles. The Hall–Kier alpha value is -2.72. The van der Waals surface area contributed by atoms with Crippen LogP contribution in [0.2, 0.25) is 0 Å². The predicted molar refractivity (Wildman–Crippen MR) is 96.4 cm³/mol. The summed E-state index contributed by atoms with van der Waals surface area (Å²) in [5.41, 5.74) is 2.57. The summed E-state index contributed by atoms with van der Waals surface area (Å²) in [6.45, 7) is 2.11. The van der Waals surface area contributed by atoms with Crippen molar-refractivity contribution in [3.05, 3.63) is 72.1 Å². The van der Waals surface area contributed by atoms with Gasteiger partial charge in [0.05, 0.1) is 0 Å². The van der Waals surface area contributed by atoms with Gasteiger partial charge in [0.15, 0.2) is 0 Å². The van der Waals surface area contributed by atoms with Gasteiger partial charge in [-0.3, -0.25) is 9.78 Å². The Morgan fingerprint density at radius 1 is 1.08 bits per heavy atom. The van der Waals surface area contributed by atoms with E-state index in [1.165, 1.54) is 12.0 Å². The van der Waals surface area contributed by atoms with E-state index in [-0.39, 0.29) is 5.91 Å². The van der Waals surface area contributed by atoms with Crippen LogP contribution >= 0.6 is 0 Å². The van der Waals surface area contributed by atoms with Crippen LogP contribution in [0.3, 0.4) is 0 Å². The Morgan fingerprint density at radius 3 is 2.71 bits per heavy atom. The number of hydrogen-bond donors (Lipinski definition) is 2. The van der Waals surface area contributed by atoms with Gasteiger partial charge in [-0.05, 0) is 48.0 Å². The van der Waals surface area contributed by atoms with Crippen molar-refractivity contribution in [3.63, 3.8) is 0 Å². The average Bonchev–Trinajstić information content (AvgIpc) is 3.16. The molecule has 0 aliphatic carbocycles. The molecule has 120 valence electrons. The smallest absolute Gasteiger partial charge is 0.274 e. The number of benzene rings is 2. The predicted octanol–water partition coefficient (Wildman–Crippen LogP) is 3.56. The second kappa shape index (κ2) is 6.42. The number of carbonyl (C=O) groups excluding carboxylic acids is 1. The third-order valence-electron chi connectivity index (χ3n) is 4.59. The number of pyridine rings is 1. The minimum Gasteiger partial charge on any atom is -0.321 e. The van der Waals surface area contributed by atoms with E-state index in [0.717, 1.165) is 29.5 Å². The van der Waals surface area contributed by atoms with Gasteiger partial charge in [-0.15, -0.1) is 0 Å². The van der Waals surface area contributed by atoms with Crippen molar-refractivity contribution in [1.29, 1.82) is 0 Å². The van der Waals surface area contributed by atoms with Gasteiger partial charge in [-0.25, -0.2) is 0 Å². The molecule has 4 nitrogen and oxygen atoms in total. The number of aromatic nitrogens is 1. The number of rotatable bonds is 3. The summed E-state index contributed by atoms with van der Waals surface area (Å²) in [6.07, 6.45) is 2.85. The number of carbonyl (C=O) groups is 1. The van der Waals surface area contributed by atoms with Crippen LogP contribution in [0.25, 0.3) is 10.8 Å². The van der Waals surface area contributed by atoms with Crippen LogP contribution in [0.5, 0.6) is 0 Å². The largest absolute Gasteiger partial charge is 0.321 e. The Bertz CT molecular complexity index is 862. The number of nitrogens with one attached hydrogen (secondary N) is 2. The summed E-state index contributed by atoms with van der Waals surface area (Å²) < 4.78 is 0. The van der Waals surface area contributed by atoms with Gasteiger partial charge in [-0.2, -0.15) is 0 Å². The van der Waals surface area contributed by atoms with E-state index in [9.17, 15) is 4.79 Å². The van der Waals surface area contributed by atoms with Gasteiger partial charge >= 0.3 is 0 Å². The van der Waals surface area contributed by atoms with Crippen molar-refractivity contribution in [1.82, 2.24) is 10.3 Å². The molecular weight excluding hydrogens is 298 g/mol. The van der Waals surface area contributed by atoms with Gasteiger partial charge in [-0.1, -0.05) is 36.4 Å². The fourth-order valence-corrected chi connectivity index (χ4v) is 3.27. The fraction of sp³-hybridized carbons (Fsp3) is 0.200. The van der Waals surface area contributed by atoms with Crippen LogP contribution in [-0.4, -0.2) is 24.0 Å². The summed E-state index contributed by atoms with van der Waals surface area (Å²) in [4.78, 5) is 16.8. The number of hydrogen-bond acceptors (Lipinski definition) is 3. The van der Waals surface area contributed by atoms with Gasteiger partial charge in [0, 0.05) is 23.8 Å². The Kier molecular flexibility index (Phi) is 3.97. The normalized spacial score (nSPS) is 17.1. The highest BCUT2D eigenvalue weighted by atomic mass is 16.1. The summed E-state index contributed by atoms with van der Waals surface area (Å²) >= 11 is 0. The standard InChI is InChI=1S/C20H19N3O/c24-20(19-18-4-2-1-3-15(18)10-12-22-19)23-17-7-5-14(6-8-17)16-9-11-21-13-16/h1-8,10,12,16,21H,9,11,13H2,(H,23,24)/t16-/m1/s1. The first-order valence-electron chi connectivity index (χ1n) is 8.27. The second-order valence-electron chi connectivity index (χ2n) is 6.15. The SMILES string of the molecule is O=C(Nc1ccc([C@@H]2CCNC2)cc1)c1nccc2ccccc12. The molecule has 24 heavy (non-hydrogen) atoms. The van der Waals surface area contributed by atoms with E-state index < -0.39 is 0 Å². The molecule has 1 fully saturated rings. The number of anilines is 1.